The lowest BCUT2D eigenvalue weighted by molar-refractivity contribution is -0.129. The Balaban J connectivity index is 2.39. The number of hydrogen-bond donors (Lipinski definition) is 1. The minimum Gasteiger partial charge on any atom is -0.423 e. The minimum atomic E-state index is -6.10. The zero-order valence-corrected chi connectivity index (χ0v) is 17.1. The van der Waals surface area contributed by atoms with Crippen molar-refractivity contribution in [3.8, 4) is 5.75 Å². The Kier molecular flexibility index (Phi) is 6.45. The molecule has 0 fully saturated rings. The summed E-state index contributed by atoms with van der Waals surface area (Å²) in [7, 11) is -11.0. The SMILES string of the molecule is C=C(C)C(=C)C(=O)Oc1ccc2cccc(CS(=O)(=O)NS(=O)(=O)C(F)(F)F)c2c1. The number of ether oxygens (including phenoxy) is 1. The topological polar surface area (TPSA) is 107 Å². The minimum absolute atomic E-state index is 0.00555. The van der Waals surface area contributed by atoms with E-state index in [0.29, 0.717) is 15.1 Å². The molecule has 2 rings (SSSR count). The molecule has 0 spiro atoms. The van der Waals surface area contributed by atoms with Crippen LogP contribution in [0.2, 0.25) is 0 Å². The Bertz CT molecular complexity index is 1250. The van der Waals surface area contributed by atoms with Crippen LogP contribution in [0.25, 0.3) is 10.8 Å². The summed E-state index contributed by atoms with van der Waals surface area (Å²) in [5.41, 5.74) is -5.39. The third-order valence-corrected chi connectivity index (χ3v) is 7.00. The standard InChI is InChI=1S/C18H16F3NO6S2/c1-11(2)12(3)17(23)28-15-8-7-13-5-4-6-14(16(13)9-15)10-29(24,25)22-30(26,27)18(19,20)21/h4-9,22H,1,3,10H2,2H3. The van der Waals surface area contributed by atoms with Crippen LogP contribution in [0.5, 0.6) is 5.75 Å². The van der Waals surface area contributed by atoms with Crippen molar-refractivity contribution in [3.05, 3.63) is 66.3 Å². The van der Waals surface area contributed by atoms with Gasteiger partial charge in [-0.15, -0.1) is 4.13 Å². The van der Waals surface area contributed by atoms with Gasteiger partial charge in [0.05, 0.1) is 11.3 Å². The molecule has 0 aliphatic rings. The molecule has 0 atom stereocenters. The van der Waals surface area contributed by atoms with Crippen molar-refractivity contribution >= 4 is 36.8 Å². The third kappa shape index (κ3) is 5.46. The number of alkyl halides is 3. The lowest BCUT2D eigenvalue weighted by Crippen LogP contribution is -2.40. The molecule has 0 radical (unpaired) electrons. The molecule has 0 aliphatic carbocycles. The highest BCUT2D eigenvalue weighted by Gasteiger charge is 2.48. The van der Waals surface area contributed by atoms with Gasteiger partial charge in [0.1, 0.15) is 5.75 Å². The number of fused-ring (bicyclic) bond motifs is 1. The number of carbonyl (C=O) groups excluding carboxylic acids is 1. The maximum atomic E-state index is 12.5. The molecule has 0 saturated heterocycles. The summed E-state index contributed by atoms with van der Waals surface area (Å²) in [4.78, 5) is 12.0. The predicted octanol–water partition coefficient (Wildman–Crippen LogP) is 3.15. The van der Waals surface area contributed by atoms with Crippen LogP contribution in [0.4, 0.5) is 13.2 Å². The van der Waals surface area contributed by atoms with Crippen LogP contribution < -0.4 is 8.86 Å². The first-order valence-electron chi connectivity index (χ1n) is 8.04. The normalized spacial score (nSPS) is 12.5. The number of hydrogen-bond acceptors (Lipinski definition) is 6. The van der Waals surface area contributed by atoms with Gasteiger partial charge in [0, 0.05) is 0 Å². The monoisotopic (exact) mass is 463 g/mol. The quantitative estimate of drug-likeness (QED) is 0.293. The van der Waals surface area contributed by atoms with Crippen LogP contribution in [0.15, 0.2) is 60.7 Å². The maximum Gasteiger partial charge on any atom is 0.512 e. The number of rotatable bonds is 7. The first kappa shape index (κ1) is 23.6. The van der Waals surface area contributed by atoms with Crippen LogP contribution in [0.1, 0.15) is 12.5 Å². The zero-order valence-electron chi connectivity index (χ0n) is 15.5. The molecule has 0 aromatic heterocycles. The van der Waals surface area contributed by atoms with E-state index in [1.807, 2.05) is 0 Å². The van der Waals surface area contributed by atoms with Gasteiger partial charge in [0.15, 0.2) is 0 Å². The summed E-state index contributed by atoms with van der Waals surface area (Å²) >= 11 is 0. The number of benzene rings is 2. The zero-order chi connectivity index (χ0) is 22.9. The van der Waals surface area contributed by atoms with Gasteiger partial charge in [0.2, 0.25) is 10.0 Å². The van der Waals surface area contributed by atoms with Gasteiger partial charge < -0.3 is 4.74 Å². The summed E-state index contributed by atoms with van der Waals surface area (Å²) in [6.45, 7) is 8.64. The van der Waals surface area contributed by atoms with Crippen molar-refractivity contribution in [1.29, 1.82) is 0 Å². The van der Waals surface area contributed by atoms with Gasteiger partial charge >= 0.3 is 21.5 Å². The first-order valence-corrected chi connectivity index (χ1v) is 11.2. The van der Waals surface area contributed by atoms with E-state index in [1.165, 1.54) is 30.3 Å². The highest BCUT2D eigenvalue weighted by Crippen LogP contribution is 2.27. The Morgan fingerprint density at radius 3 is 2.30 bits per heavy atom. The van der Waals surface area contributed by atoms with E-state index in [2.05, 4.69) is 13.2 Å². The molecule has 7 nitrogen and oxygen atoms in total. The fourth-order valence-electron chi connectivity index (χ4n) is 2.30. The van der Waals surface area contributed by atoms with E-state index in [-0.39, 0.29) is 22.3 Å². The van der Waals surface area contributed by atoms with Crippen LogP contribution in [0, 0.1) is 0 Å². The van der Waals surface area contributed by atoms with Crippen molar-refractivity contribution in [2.45, 2.75) is 18.2 Å². The molecule has 162 valence electrons. The molecule has 0 bridgehead atoms. The van der Waals surface area contributed by atoms with Crippen molar-refractivity contribution in [2.24, 2.45) is 0 Å². The van der Waals surface area contributed by atoms with Crippen molar-refractivity contribution < 1.29 is 39.5 Å². The molecule has 2 aromatic rings. The molecular weight excluding hydrogens is 447 g/mol. The fourth-order valence-corrected chi connectivity index (χ4v) is 4.91. The van der Waals surface area contributed by atoms with E-state index in [4.69, 9.17) is 4.74 Å². The number of carbonyl (C=O) groups is 1. The Labute approximate surface area is 170 Å². The van der Waals surface area contributed by atoms with Crippen molar-refractivity contribution in [3.63, 3.8) is 0 Å². The van der Waals surface area contributed by atoms with Gasteiger partial charge in [0.25, 0.3) is 0 Å². The van der Waals surface area contributed by atoms with Gasteiger partial charge in [-0.2, -0.15) is 13.2 Å². The van der Waals surface area contributed by atoms with Crippen molar-refractivity contribution in [2.75, 3.05) is 0 Å². The van der Waals surface area contributed by atoms with Gasteiger partial charge in [-0.3, -0.25) is 0 Å². The smallest absolute Gasteiger partial charge is 0.423 e. The molecule has 0 aliphatic heterocycles. The van der Waals surface area contributed by atoms with Gasteiger partial charge in [-0.25, -0.2) is 21.6 Å². The third-order valence-electron chi connectivity index (χ3n) is 3.80. The highest BCUT2D eigenvalue weighted by atomic mass is 32.3. The van der Waals surface area contributed by atoms with Crippen LogP contribution >= 0.6 is 0 Å². The number of sulfonamides is 2. The average molecular weight is 463 g/mol. The van der Waals surface area contributed by atoms with Gasteiger partial charge in [-0.05, 0) is 41.0 Å². The number of halogens is 3. The molecular formula is C18H16F3NO6S2. The van der Waals surface area contributed by atoms with E-state index < -0.39 is 37.3 Å². The molecule has 30 heavy (non-hydrogen) atoms. The maximum absolute atomic E-state index is 12.5. The van der Waals surface area contributed by atoms with Gasteiger partial charge in [-0.1, -0.05) is 37.4 Å². The number of esters is 1. The van der Waals surface area contributed by atoms with Crippen LogP contribution in [0.3, 0.4) is 0 Å². The van der Waals surface area contributed by atoms with E-state index in [1.54, 1.807) is 13.0 Å². The summed E-state index contributed by atoms with van der Waals surface area (Å²) < 4.78 is 89.6. The lowest BCUT2D eigenvalue weighted by Gasteiger charge is -2.12. The van der Waals surface area contributed by atoms with E-state index >= 15 is 0 Å². The van der Waals surface area contributed by atoms with Crippen molar-refractivity contribution in [1.82, 2.24) is 4.13 Å². The van der Waals surface area contributed by atoms with Crippen LogP contribution in [-0.2, 0) is 30.6 Å². The molecule has 1 N–H and O–H groups in total. The Hall–Kier alpha value is -2.70. The largest absolute Gasteiger partial charge is 0.512 e. The second-order valence-electron chi connectivity index (χ2n) is 6.24. The summed E-state index contributed by atoms with van der Waals surface area (Å²) in [5.74, 6) is -1.82. The second kappa shape index (κ2) is 8.20. The summed E-state index contributed by atoms with van der Waals surface area (Å²) in [6, 6.07) is 8.56. The predicted molar refractivity (Wildman–Crippen MR) is 104 cm³/mol. The molecule has 0 amide bonds. The fraction of sp³-hybridized carbons (Fsp3) is 0.167. The van der Waals surface area contributed by atoms with E-state index in [0.717, 1.165) is 0 Å². The Morgan fingerprint density at radius 2 is 1.73 bits per heavy atom. The van der Waals surface area contributed by atoms with Crippen LogP contribution in [-0.4, -0.2) is 28.3 Å². The Morgan fingerprint density at radius 1 is 1.10 bits per heavy atom. The summed E-state index contributed by atoms with van der Waals surface area (Å²) in [5, 5.41) is 0.721. The second-order valence-corrected chi connectivity index (χ2v) is 9.89. The van der Waals surface area contributed by atoms with E-state index in [9.17, 15) is 34.8 Å². The lowest BCUT2D eigenvalue weighted by atomic mass is 10.1. The molecule has 0 unspecified atom stereocenters. The number of nitrogens with one attached hydrogen (secondary N) is 1. The molecule has 12 heteroatoms. The molecule has 0 saturated carbocycles. The summed E-state index contributed by atoms with van der Waals surface area (Å²) in [6.07, 6.45) is 0. The molecule has 0 heterocycles. The molecule has 2 aromatic carbocycles. The first-order chi connectivity index (χ1) is 13.6. The average Bonchev–Trinajstić information content (AvgIpc) is 2.59. The highest BCUT2D eigenvalue weighted by molar-refractivity contribution is 8.04.